The molecule has 0 bridgehead atoms. The number of amides is 1. The average molecular weight is 221 g/mol. The largest absolute Gasteiger partial charge is 0.504 e. The summed E-state index contributed by atoms with van der Waals surface area (Å²) in [5, 5.41) is 11.9. The first-order valence-corrected chi connectivity index (χ1v) is 4.44. The van der Waals surface area contributed by atoms with Gasteiger partial charge in [-0.15, -0.1) is 0 Å². The predicted molar refractivity (Wildman–Crippen MR) is 58.2 cm³/mol. The number of ether oxygens (including phenoxy) is 1. The van der Waals surface area contributed by atoms with Crippen molar-refractivity contribution in [2.24, 2.45) is 0 Å². The van der Waals surface area contributed by atoms with Crippen LogP contribution in [0.1, 0.15) is 6.92 Å². The first-order chi connectivity index (χ1) is 7.54. The van der Waals surface area contributed by atoms with Crippen molar-refractivity contribution in [3.63, 3.8) is 0 Å². The zero-order chi connectivity index (χ0) is 12.1. The zero-order valence-electron chi connectivity index (χ0n) is 8.69. The Morgan fingerprint density at radius 3 is 2.75 bits per heavy atom. The van der Waals surface area contributed by atoms with Crippen LogP contribution in [0.25, 0.3) is 0 Å². The Morgan fingerprint density at radius 2 is 2.25 bits per heavy atom. The molecule has 5 nitrogen and oxygen atoms in total. The van der Waals surface area contributed by atoms with Gasteiger partial charge in [-0.2, -0.15) is 0 Å². The lowest BCUT2D eigenvalue weighted by molar-refractivity contribution is -0.120. The number of rotatable bonds is 4. The summed E-state index contributed by atoms with van der Waals surface area (Å²) in [6, 6.07) is 4.15. The number of carbonyl (C=O) groups is 2. The highest BCUT2D eigenvalue weighted by Gasteiger charge is 2.06. The number of nitrogens with one attached hydrogen (secondary N) is 1. The van der Waals surface area contributed by atoms with Gasteiger partial charge < -0.3 is 15.2 Å². The van der Waals surface area contributed by atoms with Crippen LogP contribution >= 0.6 is 0 Å². The highest BCUT2D eigenvalue weighted by molar-refractivity contribution is 6.02. The van der Waals surface area contributed by atoms with E-state index < -0.39 is 0 Å². The molecule has 1 rings (SSSR count). The quantitative estimate of drug-likeness (QED) is 0.596. The maximum atomic E-state index is 11.3. The molecule has 1 aromatic carbocycles. The molecule has 1 aromatic rings. The second-order valence-electron chi connectivity index (χ2n) is 3.13. The van der Waals surface area contributed by atoms with Gasteiger partial charge in [-0.1, -0.05) is 6.58 Å². The van der Waals surface area contributed by atoms with E-state index in [0.717, 1.165) is 0 Å². The molecule has 0 aliphatic carbocycles. The molecule has 0 atom stereocenters. The third-order valence-corrected chi connectivity index (χ3v) is 1.78. The van der Waals surface area contributed by atoms with E-state index in [9.17, 15) is 14.7 Å². The molecule has 16 heavy (non-hydrogen) atoms. The van der Waals surface area contributed by atoms with Crippen molar-refractivity contribution in [3.8, 4) is 11.5 Å². The molecule has 1 amide bonds. The molecule has 0 unspecified atom stereocenters. The van der Waals surface area contributed by atoms with E-state index in [0.29, 0.717) is 11.3 Å². The summed E-state index contributed by atoms with van der Waals surface area (Å²) >= 11 is 0. The van der Waals surface area contributed by atoms with Gasteiger partial charge in [0.1, 0.15) is 0 Å². The Balaban J connectivity index is 2.84. The SMILES string of the molecule is C=C(C)C(=O)Nc1ccc(OC=O)c(O)c1. The van der Waals surface area contributed by atoms with Crippen LogP contribution < -0.4 is 10.1 Å². The minimum atomic E-state index is -0.344. The number of hydrogen-bond donors (Lipinski definition) is 2. The molecule has 0 aromatic heterocycles. The van der Waals surface area contributed by atoms with Crippen molar-refractivity contribution in [3.05, 3.63) is 30.4 Å². The summed E-state index contributed by atoms with van der Waals surface area (Å²) < 4.78 is 4.48. The summed E-state index contributed by atoms with van der Waals surface area (Å²) in [5.41, 5.74) is 0.747. The molecule has 0 aliphatic rings. The fourth-order valence-corrected chi connectivity index (χ4v) is 0.984. The molecule has 0 saturated carbocycles. The predicted octanol–water partition coefficient (Wildman–Crippen LogP) is 1.44. The Kier molecular flexibility index (Phi) is 3.66. The van der Waals surface area contributed by atoms with Crippen LogP contribution in [0.3, 0.4) is 0 Å². The van der Waals surface area contributed by atoms with E-state index in [4.69, 9.17) is 0 Å². The van der Waals surface area contributed by atoms with E-state index in [1.165, 1.54) is 18.2 Å². The van der Waals surface area contributed by atoms with Gasteiger partial charge in [0, 0.05) is 17.3 Å². The first kappa shape index (κ1) is 11.8. The number of phenols is 1. The number of benzene rings is 1. The van der Waals surface area contributed by atoms with Crippen LogP contribution in [-0.2, 0) is 9.59 Å². The van der Waals surface area contributed by atoms with Crippen LogP contribution in [0.5, 0.6) is 11.5 Å². The molecule has 0 radical (unpaired) electrons. The summed E-state index contributed by atoms with van der Waals surface area (Å²) in [7, 11) is 0. The van der Waals surface area contributed by atoms with Crippen LogP contribution in [0.4, 0.5) is 5.69 Å². The van der Waals surface area contributed by atoms with Crippen molar-refractivity contribution in [1.82, 2.24) is 0 Å². The van der Waals surface area contributed by atoms with Crippen LogP contribution in [0.2, 0.25) is 0 Å². The van der Waals surface area contributed by atoms with Gasteiger partial charge in [-0.05, 0) is 19.1 Å². The van der Waals surface area contributed by atoms with E-state index in [1.807, 2.05) is 0 Å². The number of phenolic OH excluding ortho intramolecular Hbond substituents is 1. The summed E-state index contributed by atoms with van der Waals surface area (Å²) in [4.78, 5) is 21.3. The van der Waals surface area contributed by atoms with E-state index in [2.05, 4.69) is 16.6 Å². The zero-order valence-corrected chi connectivity index (χ0v) is 8.69. The van der Waals surface area contributed by atoms with E-state index >= 15 is 0 Å². The third kappa shape index (κ3) is 2.84. The van der Waals surface area contributed by atoms with Gasteiger partial charge in [0.15, 0.2) is 11.5 Å². The number of hydrogen-bond acceptors (Lipinski definition) is 4. The van der Waals surface area contributed by atoms with Gasteiger partial charge in [-0.3, -0.25) is 9.59 Å². The van der Waals surface area contributed by atoms with Gasteiger partial charge >= 0.3 is 0 Å². The van der Waals surface area contributed by atoms with Crippen LogP contribution in [0, 0.1) is 0 Å². The Morgan fingerprint density at radius 1 is 1.56 bits per heavy atom. The fourth-order valence-electron chi connectivity index (χ4n) is 0.984. The minimum absolute atomic E-state index is 0.0309. The van der Waals surface area contributed by atoms with Crippen molar-refractivity contribution in [2.45, 2.75) is 6.92 Å². The summed E-state index contributed by atoms with van der Waals surface area (Å²) in [6.45, 7) is 5.25. The van der Waals surface area contributed by atoms with E-state index in [1.54, 1.807) is 6.92 Å². The second-order valence-corrected chi connectivity index (χ2v) is 3.13. The first-order valence-electron chi connectivity index (χ1n) is 4.44. The molecule has 0 aliphatic heterocycles. The van der Waals surface area contributed by atoms with Crippen molar-refractivity contribution >= 4 is 18.1 Å². The molecule has 0 spiro atoms. The third-order valence-electron chi connectivity index (χ3n) is 1.78. The number of anilines is 1. The Hall–Kier alpha value is -2.30. The standard InChI is InChI=1S/C11H11NO4/c1-7(2)11(15)12-8-3-4-10(16-6-13)9(14)5-8/h3-6,14H,1H2,2H3,(H,12,15). The lowest BCUT2D eigenvalue weighted by atomic mass is 10.2. The molecule has 0 saturated heterocycles. The topological polar surface area (TPSA) is 75.6 Å². The molecule has 0 heterocycles. The smallest absolute Gasteiger partial charge is 0.298 e. The minimum Gasteiger partial charge on any atom is -0.504 e. The summed E-state index contributed by atoms with van der Waals surface area (Å²) in [6.07, 6.45) is 0. The van der Waals surface area contributed by atoms with Gasteiger partial charge in [0.25, 0.3) is 12.4 Å². The lowest BCUT2D eigenvalue weighted by Gasteiger charge is -2.07. The Labute approximate surface area is 92.3 Å². The monoisotopic (exact) mass is 221 g/mol. The lowest BCUT2D eigenvalue weighted by Crippen LogP contribution is -2.11. The van der Waals surface area contributed by atoms with Gasteiger partial charge in [-0.25, -0.2) is 0 Å². The Bertz CT molecular complexity index is 440. The maximum Gasteiger partial charge on any atom is 0.298 e. The number of aromatic hydroxyl groups is 1. The maximum absolute atomic E-state index is 11.3. The molecular formula is C11H11NO4. The van der Waals surface area contributed by atoms with Gasteiger partial charge in [0.05, 0.1) is 0 Å². The highest BCUT2D eigenvalue weighted by Crippen LogP contribution is 2.28. The van der Waals surface area contributed by atoms with E-state index in [-0.39, 0.29) is 23.9 Å². The highest BCUT2D eigenvalue weighted by atomic mass is 16.5. The van der Waals surface area contributed by atoms with Crippen molar-refractivity contribution < 1.29 is 19.4 Å². The second kappa shape index (κ2) is 4.97. The molecule has 5 heteroatoms. The fraction of sp³-hybridized carbons (Fsp3) is 0.0909. The average Bonchev–Trinajstić information content (AvgIpc) is 2.22. The molecule has 0 fully saturated rings. The van der Waals surface area contributed by atoms with Crippen LogP contribution in [-0.4, -0.2) is 17.5 Å². The number of carbonyl (C=O) groups excluding carboxylic acids is 2. The van der Waals surface area contributed by atoms with Gasteiger partial charge in [0.2, 0.25) is 0 Å². The molecule has 2 N–H and O–H groups in total. The molecular weight excluding hydrogens is 210 g/mol. The van der Waals surface area contributed by atoms with Crippen molar-refractivity contribution in [1.29, 1.82) is 0 Å². The molecule has 84 valence electrons. The van der Waals surface area contributed by atoms with Crippen molar-refractivity contribution in [2.75, 3.05) is 5.32 Å². The summed E-state index contributed by atoms with van der Waals surface area (Å²) in [5.74, 6) is -0.543. The normalized spacial score (nSPS) is 9.31. The van der Waals surface area contributed by atoms with Crippen LogP contribution in [0.15, 0.2) is 30.4 Å².